The number of hydrogen-bond acceptors (Lipinski definition) is 5. The molecule has 2 fully saturated rings. The Kier molecular flexibility index (Phi) is 4.50. The lowest BCUT2D eigenvalue weighted by Gasteiger charge is -2.39. The SMILES string of the molecule is O=C(NC1CC(O)C1)c1ccc(-n2cc(CC3(CO)CCC3)nn2)cc1. The monoisotopic (exact) mass is 356 g/mol. The van der Waals surface area contributed by atoms with Crippen molar-refractivity contribution in [3.63, 3.8) is 0 Å². The van der Waals surface area contributed by atoms with Crippen LogP contribution in [0.5, 0.6) is 0 Å². The fourth-order valence-corrected chi connectivity index (χ4v) is 3.70. The number of amides is 1. The van der Waals surface area contributed by atoms with Crippen LogP contribution in [0.25, 0.3) is 5.69 Å². The van der Waals surface area contributed by atoms with E-state index >= 15 is 0 Å². The van der Waals surface area contributed by atoms with Crippen LogP contribution in [0.2, 0.25) is 0 Å². The zero-order chi connectivity index (χ0) is 18.1. The molecule has 4 rings (SSSR count). The zero-order valence-electron chi connectivity index (χ0n) is 14.6. The molecule has 0 saturated heterocycles. The van der Waals surface area contributed by atoms with E-state index in [0.717, 1.165) is 37.1 Å². The van der Waals surface area contributed by atoms with Crippen molar-refractivity contribution in [3.05, 3.63) is 41.7 Å². The lowest BCUT2D eigenvalue weighted by Crippen LogP contribution is -2.46. The maximum Gasteiger partial charge on any atom is 0.251 e. The van der Waals surface area contributed by atoms with Crippen LogP contribution in [0, 0.1) is 5.41 Å². The third kappa shape index (κ3) is 3.37. The molecule has 0 radical (unpaired) electrons. The molecule has 7 nitrogen and oxygen atoms in total. The average molecular weight is 356 g/mol. The second kappa shape index (κ2) is 6.81. The summed E-state index contributed by atoms with van der Waals surface area (Å²) < 4.78 is 1.70. The van der Waals surface area contributed by atoms with Gasteiger partial charge in [0.15, 0.2) is 0 Å². The van der Waals surface area contributed by atoms with Crippen molar-refractivity contribution in [2.75, 3.05) is 6.61 Å². The lowest BCUT2D eigenvalue weighted by atomic mass is 9.67. The van der Waals surface area contributed by atoms with E-state index in [1.54, 1.807) is 16.8 Å². The minimum atomic E-state index is -0.283. The lowest BCUT2D eigenvalue weighted by molar-refractivity contribution is 0.0441. The fourth-order valence-electron chi connectivity index (χ4n) is 3.70. The standard InChI is InChI=1S/C19H24N4O3/c24-12-19(6-1-7-19)10-15-11-23(22-21-15)16-4-2-13(3-5-16)18(26)20-14-8-17(25)9-14/h2-5,11,14,17,24-25H,1,6-10,12H2,(H,20,26). The van der Waals surface area contributed by atoms with Gasteiger partial charge >= 0.3 is 0 Å². The summed E-state index contributed by atoms with van der Waals surface area (Å²) in [4.78, 5) is 12.2. The number of aromatic nitrogens is 3. The van der Waals surface area contributed by atoms with Crippen molar-refractivity contribution in [2.45, 2.75) is 50.7 Å². The number of aliphatic hydroxyl groups excluding tert-OH is 2. The summed E-state index contributed by atoms with van der Waals surface area (Å²) in [6.45, 7) is 0.196. The van der Waals surface area contributed by atoms with E-state index in [0.29, 0.717) is 18.4 Å². The van der Waals surface area contributed by atoms with Gasteiger partial charge in [0, 0.05) is 24.6 Å². The summed E-state index contributed by atoms with van der Waals surface area (Å²) >= 11 is 0. The normalized spacial score (nSPS) is 23.8. The van der Waals surface area contributed by atoms with Gasteiger partial charge in [-0.05, 0) is 55.4 Å². The number of hydrogen-bond donors (Lipinski definition) is 3. The van der Waals surface area contributed by atoms with Gasteiger partial charge in [0.05, 0.1) is 23.7 Å². The largest absolute Gasteiger partial charge is 0.396 e. The van der Waals surface area contributed by atoms with Crippen LogP contribution < -0.4 is 5.32 Å². The Morgan fingerprint density at radius 3 is 2.58 bits per heavy atom. The van der Waals surface area contributed by atoms with Crippen molar-refractivity contribution in [1.29, 1.82) is 0 Å². The van der Waals surface area contributed by atoms with Gasteiger partial charge in [-0.25, -0.2) is 4.68 Å². The van der Waals surface area contributed by atoms with Crippen LogP contribution in [-0.2, 0) is 6.42 Å². The Labute approximate surface area is 152 Å². The minimum absolute atomic E-state index is 0.0160. The van der Waals surface area contributed by atoms with Crippen molar-refractivity contribution < 1.29 is 15.0 Å². The van der Waals surface area contributed by atoms with E-state index < -0.39 is 0 Å². The molecule has 7 heteroatoms. The van der Waals surface area contributed by atoms with Crippen LogP contribution in [0.4, 0.5) is 0 Å². The molecular weight excluding hydrogens is 332 g/mol. The predicted octanol–water partition coefficient (Wildman–Crippen LogP) is 1.23. The summed E-state index contributed by atoms with van der Waals surface area (Å²) in [5.74, 6) is -0.123. The zero-order valence-corrected chi connectivity index (χ0v) is 14.6. The number of rotatable bonds is 6. The highest BCUT2D eigenvalue weighted by molar-refractivity contribution is 5.94. The molecule has 1 aromatic carbocycles. The molecule has 2 aliphatic rings. The quantitative estimate of drug-likeness (QED) is 0.723. The maximum absolute atomic E-state index is 12.2. The van der Waals surface area contributed by atoms with Crippen molar-refractivity contribution in [2.24, 2.45) is 5.41 Å². The smallest absolute Gasteiger partial charge is 0.251 e. The van der Waals surface area contributed by atoms with Gasteiger partial charge in [0.25, 0.3) is 5.91 Å². The number of nitrogens with zero attached hydrogens (tertiary/aromatic N) is 3. The molecule has 1 heterocycles. The van der Waals surface area contributed by atoms with E-state index in [2.05, 4.69) is 15.6 Å². The topological polar surface area (TPSA) is 100 Å². The molecule has 0 unspecified atom stereocenters. The van der Waals surface area contributed by atoms with Gasteiger partial charge in [-0.15, -0.1) is 5.10 Å². The highest BCUT2D eigenvalue weighted by atomic mass is 16.3. The molecule has 2 aliphatic carbocycles. The highest BCUT2D eigenvalue weighted by Crippen LogP contribution is 2.42. The van der Waals surface area contributed by atoms with Gasteiger partial charge < -0.3 is 15.5 Å². The van der Waals surface area contributed by atoms with E-state index in [9.17, 15) is 15.0 Å². The van der Waals surface area contributed by atoms with E-state index in [4.69, 9.17) is 0 Å². The Morgan fingerprint density at radius 1 is 1.27 bits per heavy atom. The number of nitrogens with one attached hydrogen (secondary N) is 1. The van der Waals surface area contributed by atoms with Crippen LogP contribution in [0.15, 0.2) is 30.5 Å². The molecule has 0 atom stereocenters. The van der Waals surface area contributed by atoms with Gasteiger partial charge in [0.1, 0.15) is 0 Å². The minimum Gasteiger partial charge on any atom is -0.396 e. The molecular formula is C19H24N4O3. The van der Waals surface area contributed by atoms with Crippen LogP contribution in [0.1, 0.15) is 48.2 Å². The summed E-state index contributed by atoms with van der Waals surface area (Å²) in [6, 6.07) is 7.28. The van der Waals surface area contributed by atoms with E-state index in [-0.39, 0.29) is 30.1 Å². The summed E-state index contributed by atoms with van der Waals surface area (Å²) in [7, 11) is 0. The average Bonchev–Trinajstić information content (AvgIpc) is 3.05. The Hall–Kier alpha value is -2.25. The molecule has 0 spiro atoms. The third-order valence-electron chi connectivity index (χ3n) is 5.69. The molecule has 3 N–H and O–H groups in total. The fraction of sp³-hybridized carbons (Fsp3) is 0.526. The molecule has 0 aliphatic heterocycles. The van der Waals surface area contributed by atoms with Crippen LogP contribution in [-0.4, -0.2) is 49.9 Å². The van der Waals surface area contributed by atoms with Crippen LogP contribution >= 0.6 is 0 Å². The molecule has 2 saturated carbocycles. The Bertz CT molecular complexity index is 771. The maximum atomic E-state index is 12.2. The molecule has 26 heavy (non-hydrogen) atoms. The summed E-state index contributed by atoms with van der Waals surface area (Å²) in [6.07, 6.45) is 6.85. The van der Waals surface area contributed by atoms with Gasteiger partial charge in [0.2, 0.25) is 0 Å². The second-order valence-electron chi connectivity index (χ2n) is 7.69. The first kappa shape index (κ1) is 17.2. The first-order chi connectivity index (χ1) is 12.6. The summed E-state index contributed by atoms with van der Waals surface area (Å²) in [5.41, 5.74) is 2.29. The van der Waals surface area contributed by atoms with Crippen molar-refractivity contribution in [3.8, 4) is 5.69 Å². The molecule has 0 bridgehead atoms. The van der Waals surface area contributed by atoms with E-state index in [1.807, 2.05) is 18.3 Å². The highest BCUT2D eigenvalue weighted by Gasteiger charge is 2.37. The van der Waals surface area contributed by atoms with Crippen molar-refractivity contribution in [1.82, 2.24) is 20.3 Å². The molecule has 2 aromatic rings. The van der Waals surface area contributed by atoms with Gasteiger partial charge in [-0.3, -0.25) is 4.79 Å². The number of carbonyl (C=O) groups excluding carboxylic acids is 1. The van der Waals surface area contributed by atoms with Crippen LogP contribution in [0.3, 0.4) is 0 Å². The number of aliphatic hydroxyl groups is 2. The van der Waals surface area contributed by atoms with E-state index in [1.165, 1.54) is 0 Å². The van der Waals surface area contributed by atoms with Gasteiger partial charge in [-0.2, -0.15) is 0 Å². The second-order valence-corrected chi connectivity index (χ2v) is 7.69. The Morgan fingerprint density at radius 2 is 2.00 bits per heavy atom. The molecule has 1 aromatic heterocycles. The first-order valence-electron chi connectivity index (χ1n) is 9.18. The number of carbonyl (C=O) groups is 1. The first-order valence-corrected chi connectivity index (χ1v) is 9.18. The Balaban J connectivity index is 1.40. The van der Waals surface area contributed by atoms with Crippen molar-refractivity contribution >= 4 is 5.91 Å². The predicted molar refractivity (Wildman–Crippen MR) is 94.9 cm³/mol. The molecule has 138 valence electrons. The number of benzene rings is 1. The third-order valence-corrected chi connectivity index (χ3v) is 5.69. The van der Waals surface area contributed by atoms with Gasteiger partial charge in [-0.1, -0.05) is 11.6 Å². The molecule has 1 amide bonds. The summed E-state index contributed by atoms with van der Waals surface area (Å²) in [5, 5.41) is 30.2.